The molecular formula is C24H28N8O3S. The van der Waals surface area contributed by atoms with Crippen molar-refractivity contribution < 1.29 is 14.7 Å². The maximum Gasteiger partial charge on any atom is 0.277 e. The Morgan fingerprint density at radius 1 is 1.28 bits per heavy atom. The number of carbonyl (C=O) groups excluding carboxylic acids is 1. The van der Waals surface area contributed by atoms with Crippen molar-refractivity contribution in [3.8, 4) is 0 Å². The number of aromatic nitrogens is 2. The van der Waals surface area contributed by atoms with Crippen molar-refractivity contribution >= 4 is 40.4 Å². The number of thiophene rings is 1. The molecule has 2 aliphatic rings. The lowest BCUT2D eigenvalue weighted by Crippen LogP contribution is -2.42. The van der Waals surface area contributed by atoms with E-state index in [1.54, 1.807) is 16.8 Å². The fraction of sp³-hybridized carbons (Fsp3) is 0.333. The number of carbonyl (C=O) groups is 1. The maximum absolute atomic E-state index is 11.6. The van der Waals surface area contributed by atoms with Crippen molar-refractivity contribution in [3.05, 3.63) is 63.6 Å². The molecule has 2 atom stereocenters. The second kappa shape index (κ2) is 10.1. The number of rotatable bonds is 5. The highest BCUT2D eigenvalue weighted by molar-refractivity contribution is 7.14. The van der Waals surface area contributed by atoms with Gasteiger partial charge in [-0.1, -0.05) is 12.1 Å². The summed E-state index contributed by atoms with van der Waals surface area (Å²) in [7, 11) is 1.91. The smallest absolute Gasteiger partial charge is 0.277 e. The summed E-state index contributed by atoms with van der Waals surface area (Å²) >= 11 is 1.69. The Morgan fingerprint density at radius 2 is 1.97 bits per heavy atom. The molecular weight excluding hydrogens is 480 g/mol. The quantitative estimate of drug-likeness (QED) is 0.232. The van der Waals surface area contributed by atoms with Gasteiger partial charge < -0.3 is 25.6 Å². The van der Waals surface area contributed by atoms with Gasteiger partial charge in [0.1, 0.15) is 12.0 Å². The number of amidine groups is 1. The van der Waals surface area contributed by atoms with Crippen molar-refractivity contribution in [2.75, 3.05) is 49.3 Å². The number of anilines is 3. The fourth-order valence-electron chi connectivity index (χ4n) is 4.14. The minimum absolute atomic E-state index is 0.0409. The van der Waals surface area contributed by atoms with Gasteiger partial charge in [-0.25, -0.2) is 20.4 Å². The van der Waals surface area contributed by atoms with Gasteiger partial charge in [-0.3, -0.25) is 10.0 Å². The highest BCUT2D eigenvalue weighted by atomic mass is 32.1. The summed E-state index contributed by atoms with van der Waals surface area (Å²) in [5.74, 6) is 0.786. The van der Waals surface area contributed by atoms with Crippen LogP contribution in [0.25, 0.3) is 0 Å². The summed E-state index contributed by atoms with van der Waals surface area (Å²) < 4.78 is 5.58. The molecule has 36 heavy (non-hydrogen) atoms. The minimum Gasteiger partial charge on any atom is -0.399 e. The van der Waals surface area contributed by atoms with E-state index in [0.717, 1.165) is 45.6 Å². The lowest BCUT2D eigenvalue weighted by molar-refractivity contribution is 0.0681. The Kier molecular flexibility index (Phi) is 6.72. The molecule has 0 bridgehead atoms. The van der Waals surface area contributed by atoms with Crippen LogP contribution in [0, 0.1) is 0 Å². The number of benzene rings is 1. The Labute approximate surface area is 212 Å². The van der Waals surface area contributed by atoms with Gasteiger partial charge in [0.25, 0.3) is 5.91 Å². The van der Waals surface area contributed by atoms with Crippen molar-refractivity contribution in [3.63, 3.8) is 0 Å². The van der Waals surface area contributed by atoms with Crippen LogP contribution >= 0.6 is 11.3 Å². The number of hydrogen-bond donors (Lipinski definition) is 4. The molecule has 188 valence electrons. The minimum atomic E-state index is -0.653. The third-order valence-corrected chi connectivity index (χ3v) is 7.67. The molecule has 5 N–H and O–H groups in total. The van der Waals surface area contributed by atoms with E-state index in [1.807, 2.05) is 36.2 Å². The van der Waals surface area contributed by atoms with Gasteiger partial charge in [0.2, 0.25) is 5.95 Å². The van der Waals surface area contributed by atoms with E-state index < -0.39 is 5.91 Å². The summed E-state index contributed by atoms with van der Waals surface area (Å²) in [6, 6.07) is 9.90. The maximum atomic E-state index is 11.6. The predicted octanol–water partition coefficient (Wildman–Crippen LogP) is 2.64. The van der Waals surface area contributed by atoms with E-state index in [9.17, 15) is 4.79 Å². The van der Waals surface area contributed by atoms with Crippen molar-refractivity contribution in [1.82, 2.24) is 20.3 Å². The van der Waals surface area contributed by atoms with Crippen LogP contribution in [-0.4, -0.2) is 65.2 Å². The number of aliphatic imine (C=N–C) groups is 1. The van der Waals surface area contributed by atoms with Crippen LogP contribution in [0.4, 0.5) is 17.3 Å². The SMILES string of the molecule is CC(c1cc2c(s1)C(N1CCOCC1)=NC(c1ccc(N)cc1)N2)N(C)c1ncc(C(=O)NO)cn1. The molecule has 1 saturated heterocycles. The zero-order chi connectivity index (χ0) is 25.2. The first-order chi connectivity index (χ1) is 17.4. The lowest BCUT2D eigenvalue weighted by atomic mass is 10.1. The van der Waals surface area contributed by atoms with Crippen LogP contribution in [0.5, 0.6) is 0 Å². The third kappa shape index (κ3) is 4.70. The van der Waals surface area contributed by atoms with E-state index >= 15 is 0 Å². The van der Waals surface area contributed by atoms with E-state index in [-0.39, 0.29) is 17.8 Å². The second-order valence-electron chi connectivity index (χ2n) is 8.66. The number of nitrogen functional groups attached to an aromatic ring is 1. The van der Waals surface area contributed by atoms with E-state index in [4.69, 9.17) is 20.7 Å². The number of hydroxylamine groups is 1. The van der Waals surface area contributed by atoms with Crippen molar-refractivity contribution in [1.29, 1.82) is 0 Å². The topological polar surface area (TPSA) is 141 Å². The van der Waals surface area contributed by atoms with E-state index in [1.165, 1.54) is 12.4 Å². The Balaban J connectivity index is 1.44. The van der Waals surface area contributed by atoms with Gasteiger partial charge in [-0.05, 0) is 30.7 Å². The molecule has 11 nitrogen and oxygen atoms in total. The van der Waals surface area contributed by atoms with Crippen molar-refractivity contribution in [2.45, 2.75) is 19.1 Å². The van der Waals surface area contributed by atoms with Crippen molar-refractivity contribution in [2.24, 2.45) is 4.99 Å². The van der Waals surface area contributed by atoms with Gasteiger partial charge >= 0.3 is 0 Å². The highest BCUT2D eigenvalue weighted by Crippen LogP contribution is 2.40. The first-order valence-corrected chi connectivity index (χ1v) is 12.4. The molecule has 1 amide bonds. The van der Waals surface area contributed by atoms with Gasteiger partial charge in [-0.15, -0.1) is 11.3 Å². The number of hydrogen-bond acceptors (Lipinski definition) is 11. The summed E-state index contributed by atoms with van der Waals surface area (Å²) in [6.45, 7) is 5.01. The molecule has 0 radical (unpaired) electrons. The van der Waals surface area contributed by atoms with E-state index in [0.29, 0.717) is 19.2 Å². The zero-order valence-corrected chi connectivity index (χ0v) is 20.8. The summed E-state index contributed by atoms with van der Waals surface area (Å²) in [5, 5.41) is 12.4. The van der Waals surface area contributed by atoms with Crippen LogP contribution in [0.15, 0.2) is 47.7 Å². The highest BCUT2D eigenvalue weighted by Gasteiger charge is 2.30. The van der Waals surface area contributed by atoms with Crippen LogP contribution in [0.1, 0.15) is 44.8 Å². The van der Waals surface area contributed by atoms with Crippen LogP contribution < -0.4 is 21.4 Å². The molecule has 2 unspecified atom stereocenters. The molecule has 2 aliphatic heterocycles. The number of amides is 1. The largest absolute Gasteiger partial charge is 0.399 e. The zero-order valence-electron chi connectivity index (χ0n) is 20.0. The number of ether oxygens (including phenoxy) is 1. The number of nitrogens with one attached hydrogen (secondary N) is 2. The molecule has 0 aliphatic carbocycles. The van der Waals surface area contributed by atoms with E-state index in [2.05, 4.69) is 33.2 Å². The number of morpholine rings is 1. The summed E-state index contributed by atoms with van der Waals surface area (Å²) in [4.78, 5) is 31.7. The van der Waals surface area contributed by atoms with Crippen LogP contribution in [-0.2, 0) is 4.74 Å². The summed E-state index contributed by atoms with van der Waals surface area (Å²) in [6.07, 6.45) is 2.55. The summed E-state index contributed by atoms with van der Waals surface area (Å²) in [5.41, 5.74) is 10.5. The van der Waals surface area contributed by atoms with Gasteiger partial charge in [-0.2, -0.15) is 0 Å². The average Bonchev–Trinajstić information content (AvgIpc) is 3.36. The number of fused-ring (bicyclic) bond motifs is 1. The predicted molar refractivity (Wildman–Crippen MR) is 139 cm³/mol. The molecule has 4 heterocycles. The second-order valence-corrected chi connectivity index (χ2v) is 9.74. The first kappa shape index (κ1) is 24.0. The van der Waals surface area contributed by atoms with Crippen LogP contribution in [0.2, 0.25) is 0 Å². The Morgan fingerprint density at radius 3 is 2.64 bits per heavy atom. The fourth-order valence-corrected chi connectivity index (χ4v) is 5.38. The Bertz CT molecular complexity index is 1260. The molecule has 2 aromatic heterocycles. The number of nitrogens with two attached hydrogens (primary N) is 1. The third-order valence-electron chi connectivity index (χ3n) is 6.37. The Hall–Kier alpha value is -3.74. The molecule has 5 rings (SSSR count). The normalized spacial score (nSPS) is 18.0. The molecule has 1 aromatic carbocycles. The average molecular weight is 509 g/mol. The molecule has 3 aromatic rings. The standard InChI is InChI=1S/C24H28N8O3S/c1-14(31(2)24-26-12-16(13-27-24)23(33)30-34)19-11-18-20(36-19)22(32-7-9-35-10-8-32)29-21(28-18)15-3-5-17(25)6-4-15/h3-6,11-14,21,28,34H,7-10,25H2,1-2H3,(H,30,33). The molecule has 0 spiro atoms. The van der Waals surface area contributed by atoms with Gasteiger partial charge in [0.05, 0.1) is 35.4 Å². The first-order valence-electron chi connectivity index (χ1n) is 11.6. The molecule has 0 saturated carbocycles. The lowest BCUT2D eigenvalue weighted by Gasteiger charge is -2.33. The monoisotopic (exact) mass is 508 g/mol. The van der Waals surface area contributed by atoms with Crippen LogP contribution in [0.3, 0.4) is 0 Å². The van der Waals surface area contributed by atoms with Gasteiger partial charge in [0.15, 0.2) is 0 Å². The molecule has 12 heteroatoms. The number of nitrogens with zero attached hydrogens (tertiary/aromatic N) is 5. The molecule has 1 fully saturated rings. The van der Waals surface area contributed by atoms with Gasteiger partial charge in [0, 0.05) is 43.1 Å².